The lowest BCUT2D eigenvalue weighted by Gasteiger charge is -2.41. The van der Waals surface area contributed by atoms with Crippen molar-refractivity contribution < 1.29 is 9.59 Å². The minimum Gasteiger partial charge on any atom is -0.356 e. The molecule has 1 saturated heterocycles. The largest absolute Gasteiger partial charge is 0.356 e. The number of piperidine rings is 1. The normalized spacial score (nSPS) is 15.9. The zero-order valence-electron chi connectivity index (χ0n) is 17.6. The van der Waals surface area contributed by atoms with Gasteiger partial charge in [0.2, 0.25) is 11.8 Å². The average Bonchev–Trinajstić information content (AvgIpc) is 2.75. The van der Waals surface area contributed by atoms with E-state index in [9.17, 15) is 9.59 Å². The first kappa shape index (κ1) is 21.0. The molecule has 5 nitrogen and oxygen atoms in total. The molecule has 2 heterocycles. The van der Waals surface area contributed by atoms with Crippen LogP contribution in [-0.2, 0) is 16.0 Å². The third kappa shape index (κ3) is 4.66. The van der Waals surface area contributed by atoms with Crippen LogP contribution in [0.15, 0.2) is 48.8 Å². The molecule has 5 heteroatoms. The lowest BCUT2D eigenvalue weighted by Crippen LogP contribution is -2.52. The van der Waals surface area contributed by atoms with Crippen LogP contribution < -0.4 is 5.32 Å². The minimum absolute atomic E-state index is 0.0155. The van der Waals surface area contributed by atoms with Crippen molar-refractivity contribution in [2.24, 2.45) is 11.3 Å². The summed E-state index contributed by atoms with van der Waals surface area (Å²) in [7, 11) is 0. The highest BCUT2D eigenvalue weighted by molar-refractivity contribution is 5.84. The first-order valence-electron chi connectivity index (χ1n) is 10.5. The summed E-state index contributed by atoms with van der Waals surface area (Å²) in [6.07, 6.45) is 5.65. The highest BCUT2D eigenvalue weighted by Gasteiger charge is 2.42. The van der Waals surface area contributed by atoms with Crippen LogP contribution in [0.3, 0.4) is 0 Å². The van der Waals surface area contributed by atoms with E-state index in [-0.39, 0.29) is 17.7 Å². The maximum Gasteiger partial charge on any atom is 0.226 e. The second kappa shape index (κ2) is 9.21. The Morgan fingerprint density at radius 3 is 2.48 bits per heavy atom. The van der Waals surface area contributed by atoms with Gasteiger partial charge in [0.15, 0.2) is 0 Å². The number of rotatable bonds is 6. The molecule has 3 rings (SSSR count). The van der Waals surface area contributed by atoms with Gasteiger partial charge in [-0.2, -0.15) is 0 Å². The van der Waals surface area contributed by atoms with Crippen LogP contribution in [0.4, 0.5) is 0 Å². The van der Waals surface area contributed by atoms with E-state index >= 15 is 0 Å². The molecular formula is C24H31N3O2. The molecule has 1 aromatic carbocycles. The van der Waals surface area contributed by atoms with Crippen LogP contribution >= 0.6 is 0 Å². The highest BCUT2D eigenvalue weighted by Crippen LogP contribution is 2.38. The Bertz CT molecular complexity index is 840. The molecule has 0 atom stereocenters. The van der Waals surface area contributed by atoms with Crippen molar-refractivity contribution in [1.29, 1.82) is 0 Å². The van der Waals surface area contributed by atoms with Crippen molar-refractivity contribution >= 4 is 11.8 Å². The van der Waals surface area contributed by atoms with E-state index in [1.165, 1.54) is 0 Å². The van der Waals surface area contributed by atoms with Crippen LogP contribution in [0, 0.1) is 11.3 Å². The number of nitrogens with one attached hydrogen (secondary N) is 1. The molecule has 1 aliphatic rings. The number of hydrogen-bond donors (Lipinski definition) is 1. The molecule has 0 unspecified atom stereocenters. The quantitative estimate of drug-likeness (QED) is 0.814. The van der Waals surface area contributed by atoms with Crippen LogP contribution in [0.1, 0.15) is 39.2 Å². The third-order valence-electron chi connectivity index (χ3n) is 5.86. The predicted octanol–water partition coefficient (Wildman–Crippen LogP) is 3.69. The second-order valence-corrected chi connectivity index (χ2v) is 8.20. The molecule has 1 fully saturated rings. The SMILES string of the molecule is CCNC(=O)C1(Cc2ccccc2-c2cccnc2)CCN(C(=O)C(C)C)CC1. The van der Waals surface area contributed by atoms with E-state index in [0.717, 1.165) is 16.7 Å². The number of carbonyl (C=O) groups is 2. The number of aromatic nitrogens is 1. The lowest BCUT2D eigenvalue weighted by atomic mass is 9.72. The van der Waals surface area contributed by atoms with Gasteiger partial charge in [-0.05, 0) is 43.4 Å². The Balaban J connectivity index is 1.89. The van der Waals surface area contributed by atoms with Gasteiger partial charge in [0, 0.05) is 43.5 Å². The fraction of sp³-hybridized carbons (Fsp3) is 0.458. The fourth-order valence-electron chi connectivity index (χ4n) is 4.20. The van der Waals surface area contributed by atoms with Crippen LogP contribution in [0.25, 0.3) is 11.1 Å². The van der Waals surface area contributed by atoms with Crippen molar-refractivity contribution in [3.05, 3.63) is 54.4 Å². The smallest absolute Gasteiger partial charge is 0.226 e. The molecule has 1 aromatic heterocycles. The summed E-state index contributed by atoms with van der Waals surface area (Å²) in [5, 5.41) is 3.05. The highest BCUT2D eigenvalue weighted by atomic mass is 16.2. The van der Waals surface area contributed by atoms with Crippen LogP contribution in [0.5, 0.6) is 0 Å². The van der Waals surface area contributed by atoms with Crippen molar-refractivity contribution in [2.75, 3.05) is 19.6 Å². The van der Waals surface area contributed by atoms with Gasteiger partial charge in [0.05, 0.1) is 5.41 Å². The van der Waals surface area contributed by atoms with Gasteiger partial charge in [0.1, 0.15) is 0 Å². The van der Waals surface area contributed by atoms with Crippen molar-refractivity contribution in [2.45, 2.75) is 40.0 Å². The summed E-state index contributed by atoms with van der Waals surface area (Å²) in [5.41, 5.74) is 2.82. The van der Waals surface area contributed by atoms with E-state index in [0.29, 0.717) is 38.9 Å². The zero-order chi connectivity index (χ0) is 20.9. The predicted molar refractivity (Wildman–Crippen MR) is 115 cm³/mol. The number of hydrogen-bond acceptors (Lipinski definition) is 3. The number of benzene rings is 1. The Morgan fingerprint density at radius 2 is 1.86 bits per heavy atom. The molecule has 0 radical (unpaired) electrons. The lowest BCUT2D eigenvalue weighted by molar-refractivity contribution is -0.142. The second-order valence-electron chi connectivity index (χ2n) is 8.20. The number of likely N-dealkylation sites (tertiary alicyclic amines) is 1. The first-order chi connectivity index (χ1) is 14.0. The summed E-state index contributed by atoms with van der Waals surface area (Å²) in [6, 6.07) is 12.2. The van der Waals surface area contributed by atoms with Crippen LogP contribution in [0.2, 0.25) is 0 Å². The molecule has 2 aromatic rings. The van der Waals surface area contributed by atoms with Gasteiger partial charge in [0.25, 0.3) is 0 Å². The molecule has 1 N–H and O–H groups in total. The molecule has 0 spiro atoms. The van der Waals surface area contributed by atoms with Gasteiger partial charge < -0.3 is 10.2 Å². The number of amides is 2. The Labute approximate surface area is 173 Å². The summed E-state index contributed by atoms with van der Waals surface area (Å²) in [5.74, 6) is 0.251. The van der Waals surface area contributed by atoms with Crippen molar-refractivity contribution in [3.63, 3.8) is 0 Å². The molecule has 1 aliphatic heterocycles. The zero-order valence-corrected chi connectivity index (χ0v) is 17.6. The van der Waals surface area contributed by atoms with Gasteiger partial charge >= 0.3 is 0 Å². The summed E-state index contributed by atoms with van der Waals surface area (Å²) in [4.78, 5) is 31.7. The van der Waals surface area contributed by atoms with Crippen molar-refractivity contribution in [3.8, 4) is 11.1 Å². The topological polar surface area (TPSA) is 62.3 Å². The van der Waals surface area contributed by atoms with Crippen molar-refractivity contribution in [1.82, 2.24) is 15.2 Å². The van der Waals surface area contributed by atoms with Gasteiger partial charge in [-0.15, -0.1) is 0 Å². The Kier molecular flexibility index (Phi) is 6.68. The Morgan fingerprint density at radius 1 is 1.14 bits per heavy atom. The van der Waals surface area contributed by atoms with Gasteiger partial charge in [-0.1, -0.05) is 44.2 Å². The number of nitrogens with zero attached hydrogens (tertiary/aromatic N) is 2. The van der Waals surface area contributed by atoms with Gasteiger partial charge in [-0.25, -0.2) is 0 Å². The third-order valence-corrected chi connectivity index (χ3v) is 5.86. The summed E-state index contributed by atoms with van der Waals surface area (Å²) < 4.78 is 0. The maximum absolute atomic E-state index is 13.2. The summed E-state index contributed by atoms with van der Waals surface area (Å²) >= 11 is 0. The summed E-state index contributed by atoms with van der Waals surface area (Å²) in [6.45, 7) is 7.68. The minimum atomic E-state index is -0.498. The van der Waals surface area contributed by atoms with Crippen LogP contribution in [-0.4, -0.2) is 41.3 Å². The molecule has 29 heavy (non-hydrogen) atoms. The molecule has 0 bridgehead atoms. The first-order valence-corrected chi connectivity index (χ1v) is 10.5. The standard InChI is InChI=1S/C24H31N3O2/c1-4-26-23(29)24(11-14-27(15-12-24)22(28)18(2)3)16-19-8-5-6-10-21(19)20-9-7-13-25-17-20/h5-10,13,17-18H,4,11-12,14-16H2,1-3H3,(H,26,29). The molecule has 2 amide bonds. The van der Waals surface area contributed by atoms with Gasteiger partial charge in [-0.3, -0.25) is 14.6 Å². The number of pyridine rings is 1. The van der Waals surface area contributed by atoms with E-state index in [4.69, 9.17) is 0 Å². The Hall–Kier alpha value is -2.69. The molecular weight excluding hydrogens is 362 g/mol. The van der Waals surface area contributed by atoms with E-state index in [1.54, 1.807) is 6.20 Å². The molecule has 154 valence electrons. The van der Waals surface area contributed by atoms with E-state index < -0.39 is 5.41 Å². The fourth-order valence-corrected chi connectivity index (χ4v) is 4.20. The maximum atomic E-state index is 13.2. The number of carbonyl (C=O) groups excluding carboxylic acids is 2. The molecule has 0 aliphatic carbocycles. The monoisotopic (exact) mass is 393 g/mol. The van der Waals surface area contributed by atoms with E-state index in [1.807, 2.05) is 50.1 Å². The average molecular weight is 394 g/mol. The molecule has 0 saturated carbocycles. The van der Waals surface area contributed by atoms with E-state index in [2.05, 4.69) is 28.5 Å².